The van der Waals surface area contributed by atoms with Crippen LogP contribution in [0.3, 0.4) is 0 Å². The predicted molar refractivity (Wildman–Crippen MR) is 109 cm³/mol. The van der Waals surface area contributed by atoms with Gasteiger partial charge in [-0.25, -0.2) is 17.6 Å². The fourth-order valence-electron chi connectivity index (χ4n) is 2.97. The van der Waals surface area contributed by atoms with Crippen LogP contribution in [-0.4, -0.2) is 45.8 Å². The van der Waals surface area contributed by atoms with Gasteiger partial charge >= 0.3 is 6.09 Å². The number of hydrogen-bond acceptors (Lipinski definition) is 6. The molecule has 0 aliphatic carbocycles. The maximum Gasteiger partial charge on any atom is 0.414 e. The molecule has 0 bridgehead atoms. The lowest BCUT2D eigenvalue weighted by Crippen LogP contribution is -2.25. The zero-order chi connectivity index (χ0) is 21.9. The van der Waals surface area contributed by atoms with Gasteiger partial charge in [-0.05, 0) is 42.8 Å². The van der Waals surface area contributed by atoms with Gasteiger partial charge in [0, 0.05) is 11.8 Å². The van der Waals surface area contributed by atoms with Crippen LogP contribution >= 0.6 is 0 Å². The minimum Gasteiger partial charge on any atom is -0.442 e. The van der Waals surface area contributed by atoms with Crippen molar-refractivity contribution >= 4 is 27.5 Å². The van der Waals surface area contributed by atoms with Crippen molar-refractivity contribution in [2.75, 3.05) is 24.2 Å². The van der Waals surface area contributed by atoms with Crippen molar-refractivity contribution in [3.05, 3.63) is 48.3 Å². The second-order valence-corrected chi connectivity index (χ2v) is 8.76. The zero-order valence-electron chi connectivity index (χ0n) is 16.3. The first-order chi connectivity index (χ1) is 14.2. The summed E-state index contributed by atoms with van der Waals surface area (Å²) in [5.74, 6) is -0.146. The molecule has 0 spiro atoms. The van der Waals surface area contributed by atoms with Crippen LogP contribution in [0.25, 0.3) is 11.1 Å². The van der Waals surface area contributed by atoms with Crippen LogP contribution in [0.15, 0.2) is 52.4 Å². The molecule has 3 rings (SSSR count). The van der Waals surface area contributed by atoms with E-state index in [4.69, 9.17) is 10.00 Å². The molecule has 1 heterocycles. The summed E-state index contributed by atoms with van der Waals surface area (Å²) in [5.41, 5.74) is 1.14. The number of amides is 1. The summed E-state index contributed by atoms with van der Waals surface area (Å²) in [6.45, 7) is 1.99. The van der Waals surface area contributed by atoms with Crippen molar-refractivity contribution in [1.82, 2.24) is 5.32 Å². The molecule has 0 unspecified atom stereocenters. The molecule has 1 atom stereocenters. The molecule has 1 aliphatic rings. The van der Waals surface area contributed by atoms with Crippen LogP contribution < -0.4 is 10.2 Å². The molecule has 30 heavy (non-hydrogen) atoms. The molecule has 10 heteroatoms. The molecule has 1 aliphatic heterocycles. The number of sulfone groups is 1. The molecule has 1 saturated heterocycles. The molecule has 156 valence electrons. The number of nitriles is 1. The van der Waals surface area contributed by atoms with Gasteiger partial charge in [0.2, 0.25) is 0 Å². The van der Waals surface area contributed by atoms with Crippen LogP contribution in [0.4, 0.5) is 14.9 Å². The highest BCUT2D eigenvalue weighted by molar-refractivity contribution is 7.90. The average Bonchev–Trinajstić information content (AvgIpc) is 3.07. The molecular formula is C20H19FN4O4S. The Morgan fingerprint density at radius 2 is 2.03 bits per heavy atom. The number of nitrogens with zero attached hydrogens (tertiary/aromatic N) is 3. The number of hydrogen-bond donors (Lipinski definition) is 1. The lowest BCUT2D eigenvalue weighted by Gasteiger charge is -2.14. The van der Waals surface area contributed by atoms with Gasteiger partial charge in [-0.2, -0.15) is 5.26 Å². The summed E-state index contributed by atoms with van der Waals surface area (Å²) in [4.78, 5) is 17.7. The van der Waals surface area contributed by atoms with Crippen molar-refractivity contribution in [1.29, 1.82) is 5.26 Å². The van der Waals surface area contributed by atoms with Crippen molar-refractivity contribution in [3.8, 4) is 17.3 Å². The fraction of sp³-hybridized carbons (Fsp3) is 0.250. The Morgan fingerprint density at radius 3 is 2.63 bits per heavy atom. The van der Waals surface area contributed by atoms with Gasteiger partial charge < -0.3 is 4.74 Å². The molecule has 2 aromatic carbocycles. The van der Waals surface area contributed by atoms with E-state index >= 15 is 0 Å². The van der Waals surface area contributed by atoms with Crippen LogP contribution in [0, 0.1) is 17.3 Å². The monoisotopic (exact) mass is 430 g/mol. The first-order valence-electron chi connectivity index (χ1n) is 8.93. The SMILES string of the molecule is CC(=NC[C@H]1CN(c2ccc(-c3ccc(S(C)(=O)=O)cc3)c(F)c2)C(=O)O1)NC#N. The van der Waals surface area contributed by atoms with Crippen LogP contribution in [0.2, 0.25) is 0 Å². The summed E-state index contributed by atoms with van der Waals surface area (Å²) < 4.78 is 43.1. The lowest BCUT2D eigenvalue weighted by atomic mass is 10.0. The van der Waals surface area contributed by atoms with Gasteiger partial charge in [-0.15, -0.1) is 0 Å². The standard InChI is InChI=1S/C20H19FN4O4S/c1-13(24-12-22)23-10-16-11-25(20(26)29-16)15-5-8-18(19(21)9-15)14-3-6-17(7-4-14)30(2,27)28/h3-9,16H,10-11H2,1-2H3,(H,23,24)/t16-/m0/s1. The second-order valence-electron chi connectivity index (χ2n) is 6.74. The van der Waals surface area contributed by atoms with Crippen molar-refractivity contribution in [2.24, 2.45) is 4.99 Å². The third-order valence-electron chi connectivity index (χ3n) is 4.50. The number of amidine groups is 1. The molecule has 2 aromatic rings. The second kappa shape index (κ2) is 8.51. The third kappa shape index (κ3) is 4.75. The number of ether oxygens (including phenoxy) is 1. The van der Waals surface area contributed by atoms with Crippen LogP contribution in [0.1, 0.15) is 6.92 Å². The van der Waals surface area contributed by atoms with E-state index in [1.807, 2.05) is 0 Å². The number of benzene rings is 2. The number of carbonyl (C=O) groups excluding carboxylic acids is 1. The Bertz CT molecular complexity index is 1140. The minimum absolute atomic E-state index is 0.150. The van der Waals surface area contributed by atoms with E-state index in [2.05, 4.69) is 10.3 Å². The summed E-state index contributed by atoms with van der Waals surface area (Å²) in [5, 5.41) is 10.9. The highest BCUT2D eigenvalue weighted by atomic mass is 32.2. The topological polar surface area (TPSA) is 112 Å². The molecule has 1 N–H and O–H groups in total. The number of halogens is 1. The maximum absolute atomic E-state index is 14.7. The van der Waals surface area contributed by atoms with Gasteiger partial charge in [-0.1, -0.05) is 12.1 Å². The summed E-state index contributed by atoms with van der Waals surface area (Å²) in [6, 6.07) is 10.3. The number of anilines is 1. The Labute approximate surface area is 173 Å². The molecule has 1 amide bonds. The Morgan fingerprint density at radius 1 is 1.33 bits per heavy atom. The summed E-state index contributed by atoms with van der Waals surface area (Å²) in [6.07, 6.45) is 1.73. The number of carbonyl (C=O) groups is 1. The molecule has 0 radical (unpaired) electrons. The Kier molecular flexibility index (Phi) is 6.03. The predicted octanol–water partition coefficient (Wildman–Crippen LogP) is 2.71. The number of nitrogens with one attached hydrogen (secondary N) is 1. The average molecular weight is 430 g/mol. The number of aliphatic imine (C=N–C) groups is 1. The normalized spacial score (nSPS) is 16.9. The largest absolute Gasteiger partial charge is 0.442 e. The summed E-state index contributed by atoms with van der Waals surface area (Å²) in [7, 11) is -3.34. The van der Waals surface area contributed by atoms with E-state index in [1.165, 1.54) is 41.3 Å². The van der Waals surface area contributed by atoms with Gasteiger partial charge in [0.05, 0.1) is 23.7 Å². The minimum atomic E-state index is -3.34. The quantitative estimate of drug-likeness (QED) is 0.338. The Balaban J connectivity index is 1.76. The number of rotatable bonds is 5. The maximum atomic E-state index is 14.7. The van der Waals surface area contributed by atoms with E-state index < -0.39 is 27.9 Å². The van der Waals surface area contributed by atoms with Gasteiger partial charge in [0.1, 0.15) is 17.8 Å². The fourth-order valence-corrected chi connectivity index (χ4v) is 3.60. The van der Waals surface area contributed by atoms with Gasteiger partial charge in [0.15, 0.2) is 16.0 Å². The first-order valence-corrected chi connectivity index (χ1v) is 10.8. The summed E-state index contributed by atoms with van der Waals surface area (Å²) >= 11 is 0. The lowest BCUT2D eigenvalue weighted by molar-refractivity contribution is 0.145. The van der Waals surface area contributed by atoms with Crippen LogP contribution in [-0.2, 0) is 14.6 Å². The van der Waals surface area contributed by atoms with E-state index in [-0.39, 0.29) is 23.5 Å². The Hall–Kier alpha value is -3.45. The van der Waals surface area contributed by atoms with E-state index in [0.29, 0.717) is 17.1 Å². The van der Waals surface area contributed by atoms with E-state index in [1.54, 1.807) is 19.2 Å². The van der Waals surface area contributed by atoms with E-state index in [0.717, 1.165) is 6.26 Å². The molecule has 0 aromatic heterocycles. The van der Waals surface area contributed by atoms with Gasteiger partial charge in [-0.3, -0.25) is 15.2 Å². The highest BCUT2D eigenvalue weighted by Crippen LogP contribution is 2.29. The highest BCUT2D eigenvalue weighted by Gasteiger charge is 2.32. The third-order valence-corrected chi connectivity index (χ3v) is 5.63. The van der Waals surface area contributed by atoms with Crippen LogP contribution in [0.5, 0.6) is 0 Å². The number of cyclic esters (lactones) is 1. The zero-order valence-corrected chi connectivity index (χ0v) is 17.1. The van der Waals surface area contributed by atoms with Crippen molar-refractivity contribution in [3.63, 3.8) is 0 Å². The molecular weight excluding hydrogens is 411 g/mol. The van der Waals surface area contributed by atoms with Crippen molar-refractivity contribution in [2.45, 2.75) is 17.9 Å². The van der Waals surface area contributed by atoms with E-state index in [9.17, 15) is 17.6 Å². The smallest absolute Gasteiger partial charge is 0.414 e. The molecule has 1 fully saturated rings. The molecule has 0 saturated carbocycles. The van der Waals surface area contributed by atoms with Gasteiger partial charge in [0.25, 0.3) is 0 Å². The molecule has 8 nitrogen and oxygen atoms in total. The first kappa shape index (κ1) is 21.3. The van der Waals surface area contributed by atoms with Crippen molar-refractivity contribution < 1.29 is 22.3 Å².